The molecular formula is C17H21F3O2S. The van der Waals surface area contributed by atoms with Crippen LogP contribution >= 0.6 is 0 Å². The van der Waals surface area contributed by atoms with Crippen LogP contribution in [0.15, 0.2) is 29.2 Å². The van der Waals surface area contributed by atoms with Crippen molar-refractivity contribution in [3.05, 3.63) is 24.3 Å². The third-order valence-electron chi connectivity index (χ3n) is 5.08. The lowest BCUT2D eigenvalue weighted by Gasteiger charge is -2.51. The lowest BCUT2D eigenvalue weighted by atomic mass is 9.58. The summed E-state index contributed by atoms with van der Waals surface area (Å²) in [6.45, 7) is 2.27. The zero-order chi connectivity index (χ0) is 16.7. The zero-order valence-electron chi connectivity index (χ0n) is 13.1. The minimum Gasteiger partial charge on any atom is -0.406 e. The summed E-state index contributed by atoms with van der Waals surface area (Å²) in [5.41, 5.74) is 0.331. The van der Waals surface area contributed by atoms with Crippen LogP contribution in [0.2, 0.25) is 0 Å². The Hall–Kier alpha value is -1.04. The van der Waals surface area contributed by atoms with Gasteiger partial charge in [0.25, 0.3) is 0 Å². The number of alkyl halides is 3. The normalized spacial score (nSPS) is 32.3. The van der Waals surface area contributed by atoms with E-state index >= 15 is 0 Å². The molecule has 2 aliphatic carbocycles. The second kappa shape index (κ2) is 6.11. The summed E-state index contributed by atoms with van der Waals surface area (Å²) in [7, 11) is -1.27. The predicted molar refractivity (Wildman–Crippen MR) is 82.6 cm³/mol. The third kappa shape index (κ3) is 3.90. The second-order valence-corrected chi connectivity index (χ2v) is 8.78. The van der Waals surface area contributed by atoms with E-state index in [-0.39, 0.29) is 11.0 Å². The highest BCUT2D eigenvalue weighted by Crippen LogP contribution is 2.55. The van der Waals surface area contributed by atoms with E-state index < -0.39 is 17.2 Å². The van der Waals surface area contributed by atoms with Crippen molar-refractivity contribution in [1.82, 2.24) is 0 Å². The Morgan fingerprint density at radius 1 is 1.26 bits per heavy atom. The van der Waals surface area contributed by atoms with Crippen LogP contribution in [0.5, 0.6) is 5.75 Å². The minimum atomic E-state index is -4.72. The fourth-order valence-electron chi connectivity index (χ4n) is 4.19. The molecular weight excluding hydrogens is 325 g/mol. The van der Waals surface area contributed by atoms with Crippen LogP contribution in [-0.2, 0) is 10.8 Å². The summed E-state index contributed by atoms with van der Waals surface area (Å²) in [5, 5.41) is 0.0569. The van der Waals surface area contributed by atoms with E-state index in [2.05, 4.69) is 11.7 Å². The molecule has 0 heterocycles. The van der Waals surface area contributed by atoms with E-state index in [9.17, 15) is 17.4 Å². The first-order chi connectivity index (χ1) is 10.8. The molecule has 1 spiro atoms. The maximum absolute atomic E-state index is 12.6. The van der Waals surface area contributed by atoms with Crippen LogP contribution in [0.3, 0.4) is 0 Å². The number of ether oxygens (including phenoxy) is 1. The summed E-state index contributed by atoms with van der Waals surface area (Å²) >= 11 is 0. The number of hydrogen-bond acceptors (Lipinski definition) is 2. The van der Waals surface area contributed by atoms with Crippen LogP contribution in [0.1, 0.15) is 45.4 Å². The van der Waals surface area contributed by atoms with E-state index in [0.29, 0.717) is 10.3 Å². The number of rotatable bonds is 3. The highest BCUT2D eigenvalue weighted by atomic mass is 32.2. The smallest absolute Gasteiger partial charge is 0.406 e. The van der Waals surface area contributed by atoms with Crippen LogP contribution in [0, 0.1) is 11.3 Å². The second-order valence-electron chi connectivity index (χ2n) is 7.05. The monoisotopic (exact) mass is 346 g/mol. The highest BCUT2D eigenvalue weighted by molar-refractivity contribution is 7.85. The topological polar surface area (TPSA) is 26.3 Å². The van der Waals surface area contributed by atoms with Crippen molar-refractivity contribution in [2.24, 2.45) is 11.3 Å². The molecule has 2 fully saturated rings. The van der Waals surface area contributed by atoms with Gasteiger partial charge in [0, 0.05) is 10.1 Å². The van der Waals surface area contributed by atoms with Crippen molar-refractivity contribution in [3.63, 3.8) is 0 Å². The Morgan fingerprint density at radius 2 is 2.00 bits per heavy atom. The Morgan fingerprint density at radius 3 is 2.65 bits per heavy atom. The van der Waals surface area contributed by atoms with E-state index in [4.69, 9.17) is 0 Å². The molecule has 0 N–H and O–H groups in total. The van der Waals surface area contributed by atoms with Crippen LogP contribution in [0.25, 0.3) is 0 Å². The van der Waals surface area contributed by atoms with Gasteiger partial charge in [-0.1, -0.05) is 25.8 Å². The standard InChI is InChI=1S/C17H21F3O2S/c1-12-4-3-7-16(9-12)10-15(11-16)23(21)14-6-2-5-13(8-14)22-17(18,19)20/h2,5-6,8,12,15H,3-4,7,9-11H2,1H3. The van der Waals surface area contributed by atoms with Crippen LogP contribution < -0.4 is 4.74 Å². The fraction of sp³-hybridized carbons (Fsp3) is 0.647. The SMILES string of the molecule is CC1CCCC2(C1)CC(S(=O)c1cccc(OC(F)(F)F)c1)C2. The van der Waals surface area contributed by atoms with E-state index in [1.807, 2.05) is 0 Å². The summed E-state index contributed by atoms with van der Waals surface area (Å²) in [4.78, 5) is 0.426. The minimum absolute atomic E-state index is 0.0569. The van der Waals surface area contributed by atoms with Crippen molar-refractivity contribution < 1.29 is 22.1 Å². The van der Waals surface area contributed by atoms with Crippen molar-refractivity contribution in [3.8, 4) is 5.75 Å². The fourth-order valence-corrected chi connectivity index (χ4v) is 6.03. The number of benzene rings is 1. The van der Waals surface area contributed by atoms with E-state index in [1.54, 1.807) is 6.07 Å². The Labute approximate surface area is 136 Å². The summed E-state index contributed by atoms with van der Waals surface area (Å²) < 4.78 is 53.4. The molecule has 2 saturated carbocycles. The number of halogens is 3. The molecule has 3 rings (SSSR count). The molecule has 6 heteroatoms. The van der Waals surface area contributed by atoms with Crippen LogP contribution in [0.4, 0.5) is 13.2 Å². The molecule has 0 saturated heterocycles. The molecule has 2 atom stereocenters. The molecule has 1 aromatic rings. The van der Waals surface area contributed by atoms with Gasteiger partial charge in [-0.15, -0.1) is 13.2 Å². The van der Waals surface area contributed by atoms with Gasteiger partial charge in [0.2, 0.25) is 0 Å². The maximum atomic E-state index is 12.6. The molecule has 2 unspecified atom stereocenters. The lowest BCUT2D eigenvalue weighted by Crippen LogP contribution is -2.45. The molecule has 0 radical (unpaired) electrons. The molecule has 23 heavy (non-hydrogen) atoms. The van der Waals surface area contributed by atoms with Gasteiger partial charge in [0.15, 0.2) is 0 Å². The summed E-state index contributed by atoms with van der Waals surface area (Å²) in [5.74, 6) is 0.422. The van der Waals surface area contributed by atoms with Crippen molar-refractivity contribution >= 4 is 10.8 Å². The van der Waals surface area contributed by atoms with Gasteiger partial charge in [-0.05, 0) is 55.2 Å². The van der Waals surface area contributed by atoms with Gasteiger partial charge >= 0.3 is 6.36 Å². The average Bonchev–Trinajstić information content (AvgIpc) is 2.42. The molecule has 2 nitrogen and oxygen atoms in total. The third-order valence-corrected chi connectivity index (χ3v) is 6.74. The van der Waals surface area contributed by atoms with Gasteiger partial charge in [-0.3, -0.25) is 4.21 Å². The van der Waals surface area contributed by atoms with Gasteiger partial charge in [0.1, 0.15) is 5.75 Å². The molecule has 0 aromatic heterocycles. The first kappa shape index (κ1) is 16.8. The van der Waals surface area contributed by atoms with Gasteiger partial charge < -0.3 is 4.74 Å². The Bertz CT molecular complexity index is 594. The van der Waals surface area contributed by atoms with Crippen molar-refractivity contribution in [1.29, 1.82) is 0 Å². The predicted octanol–water partition coefficient (Wildman–Crippen LogP) is 5.05. The lowest BCUT2D eigenvalue weighted by molar-refractivity contribution is -0.274. The van der Waals surface area contributed by atoms with Crippen molar-refractivity contribution in [2.75, 3.05) is 0 Å². The highest BCUT2D eigenvalue weighted by Gasteiger charge is 2.48. The molecule has 1 aromatic carbocycles. The largest absolute Gasteiger partial charge is 0.573 e. The summed E-state index contributed by atoms with van der Waals surface area (Å²) in [6, 6.07) is 5.57. The van der Waals surface area contributed by atoms with Gasteiger partial charge in [-0.2, -0.15) is 0 Å². The molecule has 0 bridgehead atoms. The summed E-state index contributed by atoms with van der Waals surface area (Å²) in [6.07, 6.45) is 2.02. The molecule has 0 amide bonds. The van der Waals surface area contributed by atoms with E-state index in [0.717, 1.165) is 18.8 Å². The first-order valence-electron chi connectivity index (χ1n) is 8.03. The first-order valence-corrected chi connectivity index (χ1v) is 9.24. The van der Waals surface area contributed by atoms with Gasteiger partial charge in [0.05, 0.1) is 10.8 Å². The van der Waals surface area contributed by atoms with Gasteiger partial charge in [-0.25, -0.2) is 0 Å². The molecule has 128 valence electrons. The maximum Gasteiger partial charge on any atom is 0.573 e. The average molecular weight is 346 g/mol. The van der Waals surface area contributed by atoms with E-state index in [1.165, 1.54) is 43.9 Å². The molecule has 0 aliphatic heterocycles. The van der Waals surface area contributed by atoms with Crippen LogP contribution in [-0.4, -0.2) is 15.8 Å². The molecule has 2 aliphatic rings. The zero-order valence-corrected chi connectivity index (χ0v) is 13.9. The van der Waals surface area contributed by atoms with Crippen molar-refractivity contribution in [2.45, 2.75) is 62.0 Å². The Kier molecular flexibility index (Phi) is 4.47. The number of hydrogen-bond donors (Lipinski definition) is 0. The Balaban J connectivity index is 1.65. The quantitative estimate of drug-likeness (QED) is 0.765.